The van der Waals surface area contributed by atoms with Crippen molar-refractivity contribution in [3.8, 4) is 11.8 Å². The van der Waals surface area contributed by atoms with Crippen LogP contribution in [0.4, 0.5) is 0 Å². The predicted octanol–water partition coefficient (Wildman–Crippen LogP) is 5.71. The second-order valence-electron chi connectivity index (χ2n) is 11.4. The lowest BCUT2D eigenvalue weighted by molar-refractivity contribution is -0.168. The number of aliphatic hydroxyl groups is 1. The van der Waals surface area contributed by atoms with Crippen LogP contribution < -0.4 is 0 Å². The summed E-state index contributed by atoms with van der Waals surface area (Å²) in [6.07, 6.45) is 0.978. The van der Waals surface area contributed by atoms with Gasteiger partial charge in [-0.2, -0.15) is 0 Å². The summed E-state index contributed by atoms with van der Waals surface area (Å²) in [5.41, 5.74) is 2.79. The van der Waals surface area contributed by atoms with E-state index in [4.69, 9.17) is 9.47 Å². The highest BCUT2D eigenvalue weighted by molar-refractivity contribution is 6.76. The molecule has 0 saturated carbocycles. The average molecular weight is 507 g/mol. The van der Waals surface area contributed by atoms with E-state index in [1.807, 2.05) is 31.2 Å². The molecule has 1 N–H and O–H groups in total. The average Bonchev–Trinajstić information content (AvgIpc) is 2.80. The molecule has 1 aliphatic carbocycles. The molecule has 0 bridgehead atoms. The number of benzene rings is 2. The van der Waals surface area contributed by atoms with Crippen molar-refractivity contribution in [1.29, 1.82) is 0 Å². The molecule has 0 heterocycles. The molecule has 1 aliphatic rings. The molecule has 2 aromatic rings. The summed E-state index contributed by atoms with van der Waals surface area (Å²) >= 11 is 0. The highest BCUT2D eigenvalue weighted by Gasteiger charge is 2.48. The lowest BCUT2D eigenvalue weighted by Gasteiger charge is -2.42. The van der Waals surface area contributed by atoms with E-state index in [-0.39, 0.29) is 18.0 Å². The first-order chi connectivity index (χ1) is 16.8. The number of carbonyl (C=O) groups excluding carboxylic acids is 2. The molecule has 0 fully saturated rings. The minimum absolute atomic E-state index is 0.215. The Labute approximate surface area is 216 Å². The van der Waals surface area contributed by atoms with Crippen LogP contribution >= 0.6 is 0 Å². The third kappa shape index (κ3) is 6.08. The number of ether oxygens (including phenoxy) is 2. The molecule has 1 atom stereocenters. The molecule has 1 unspecified atom stereocenters. The van der Waals surface area contributed by atoms with Crippen LogP contribution in [0.1, 0.15) is 71.8 Å². The van der Waals surface area contributed by atoms with Crippen molar-refractivity contribution in [1.82, 2.24) is 0 Å². The van der Waals surface area contributed by atoms with Gasteiger partial charge in [-0.3, -0.25) is 0 Å². The SMILES string of the molecule is CCOC(=O)C1(O)CCC(C)(C)c2c1ccc(C#Cc1ccc(C(=O)OCC[Si](C)(C)C)cc1)c2C. The molecule has 0 radical (unpaired) electrons. The van der Waals surface area contributed by atoms with Crippen molar-refractivity contribution in [2.75, 3.05) is 13.2 Å². The van der Waals surface area contributed by atoms with Gasteiger partial charge in [0.05, 0.1) is 18.8 Å². The molecular weight excluding hydrogens is 468 g/mol. The van der Waals surface area contributed by atoms with Crippen LogP contribution in [-0.2, 0) is 25.3 Å². The molecule has 0 saturated heterocycles. The topological polar surface area (TPSA) is 72.8 Å². The quantitative estimate of drug-likeness (QED) is 0.309. The molecule has 36 heavy (non-hydrogen) atoms. The zero-order valence-corrected chi connectivity index (χ0v) is 23.6. The van der Waals surface area contributed by atoms with E-state index < -0.39 is 19.6 Å². The fourth-order valence-electron chi connectivity index (χ4n) is 4.64. The normalized spacial score (nSPS) is 18.4. The second kappa shape index (κ2) is 10.6. The van der Waals surface area contributed by atoms with Crippen molar-refractivity contribution in [2.24, 2.45) is 0 Å². The second-order valence-corrected chi connectivity index (χ2v) is 17.0. The van der Waals surface area contributed by atoms with Gasteiger partial charge in [-0.05, 0) is 85.2 Å². The zero-order valence-electron chi connectivity index (χ0n) is 22.6. The summed E-state index contributed by atoms with van der Waals surface area (Å²) in [4.78, 5) is 25.0. The first-order valence-corrected chi connectivity index (χ1v) is 16.3. The predicted molar refractivity (Wildman–Crippen MR) is 145 cm³/mol. The van der Waals surface area contributed by atoms with Crippen molar-refractivity contribution >= 4 is 20.0 Å². The number of hydrogen-bond acceptors (Lipinski definition) is 5. The summed E-state index contributed by atoms with van der Waals surface area (Å²) in [5, 5.41) is 11.3. The maximum absolute atomic E-state index is 12.6. The van der Waals surface area contributed by atoms with Crippen LogP contribution in [0.25, 0.3) is 0 Å². The smallest absolute Gasteiger partial charge is 0.342 e. The molecular formula is C30H38O5Si. The van der Waals surface area contributed by atoms with E-state index in [1.165, 1.54) is 0 Å². The molecule has 192 valence electrons. The number of esters is 2. The summed E-state index contributed by atoms with van der Waals surface area (Å²) < 4.78 is 10.6. The van der Waals surface area contributed by atoms with Gasteiger partial charge >= 0.3 is 11.9 Å². The number of carbonyl (C=O) groups is 2. The Morgan fingerprint density at radius 2 is 1.67 bits per heavy atom. The van der Waals surface area contributed by atoms with Gasteiger partial charge in [0.2, 0.25) is 0 Å². The summed E-state index contributed by atoms with van der Waals surface area (Å²) in [6, 6.07) is 11.7. The molecule has 0 aliphatic heterocycles. The van der Waals surface area contributed by atoms with Gasteiger partial charge in [-0.1, -0.05) is 51.4 Å². The first kappa shape index (κ1) is 27.7. The third-order valence-electron chi connectivity index (χ3n) is 6.86. The van der Waals surface area contributed by atoms with Crippen LogP contribution in [-0.4, -0.2) is 38.3 Å². The summed E-state index contributed by atoms with van der Waals surface area (Å²) in [7, 11) is -1.25. The van der Waals surface area contributed by atoms with Crippen LogP contribution in [0.5, 0.6) is 0 Å². The minimum Gasteiger partial charge on any atom is -0.464 e. The minimum atomic E-state index is -1.64. The molecule has 0 amide bonds. The van der Waals surface area contributed by atoms with Crippen LogP contribution in [0.15, 0.2) is 36.4 Å². The maximum atomic E-state index is 12.6. The summed E-state index contributed by atoms with van der Waals surface area (Å²) in [5.74, 6) is 5.51. The number of rotatable bonds is 6. The maximum Gasteiger partial charge on any atom is 0.342 e. The van der Waals surface area contributed by atoms with Gasteiger partial charge in [-0.15, -0.1) is 0 Å². The molecule has 0 spiro atoms. The highest BCUT2D eigenvalue weighted by Crippen LogP contribution is 2.47. The van der Waals surface area contributed by atoms with Crippen molar-refractivity contribution < 1.29 is 24.2 Å². The Bertz CT molecular complexity index is 1190. The standard InChI is InChI=1S/C30H38O5Si/c1-8-34-28(32)30(33)18-17-29(3,4)26-21(2)23(15-16-25(26)30)12-9-22-10-13-24(14-11-22)27(31)35-19-20-36(5,6)7/h10-11,13-16,33H,8,17-20H2,1-7H3. The third-order valence-corrected chi connectivity index (χ3v) is 8.56. The summed E-state index contributed by atoms with van der Waals surface area (Å²) in [6.45, 7) is 15.4. The van der Waals surface area contributed by atoms with Gasteiger partial charge in [0.25, 0.3) is 0 Å². The van der Waals surface area contributed by atoms with Gasteiger partial charge in [0.1, 0.15) is 0 Å². The molecule has 0 aromatic heterocycles. The highest BCUT2D eigenvalue weighted by atomic mass is 28.3. The lowest BCUT2D eigenvalue weighted by Crippen LogP contribution is -2.45. The Morgan fingerprint density at radius 1 is 1.00 bits per heavy atom. The zero-order chi connectivity index (χ0) is 26.7. The first-order valence-electron chi connectivity index (χ1n) is 12.6. The van der Waals surface area contributed by atoms with Crippen molar-refractivity contribution in [3.05, 3.63) is 69.8 Å². The molecule has 3 rings (SSSR count). The van der Waals surface area contributed by atoms with E-state index in [1.54, 1.807) is 19.1 Å². The van der Waals surface area contributed by atoms with E-state index in [0.717, 1.165) is 28.3 Å². The molecule has 5 nitrogen and oxygen atoms in total. The Hall–Kier alpha value is -2.88. The van der Waals surface area contributed by atoms with E-state index in [9.17, 15) is 14.7 Å². The largest absolute Gasteiger partial charge is 0.464 e. The fraction of sp³-hybridized carbons (Fsp3) is 0.467. The fourth-order valence-corrected chi connectivity index (χ4v) is 5.36. The van der Waals surface area contributed by atoms with E-state index in [0.29, 0.717) is 30.6 Å². The number of hydrogen-bond donors (Lipinski definition) is 1. The molecule has 2 aromatic carbocycles. The Morgan fingerprint density at radius 3 is 2.28 bits per heavy atom. The van der Waals surface area contributed by atoms with Crippen LogP contribution in [0, 0.1) is 18.8 Å². The van der Waals surface area contributed by atoms with E-state index >= 15 is 0 Å². The number of fused-ring (bicyclic) bond motifs is 1. The van der Waals surface area contributed by atoms with Crippen LogP contribution in [0.2, 0.25) is 25.7 Å². The van der Waals surface area contributed by atoms with Gasteiger partial charge in [0, 0.05) is 19.2 Å². The van der Waals surface area contributed by atoms with Crippen molar-refractivity contribution in [2.45, 2.75) is 77.2 Å². The molecule has 6 heteroatoms. The van der Waals surface area contributed by atoms with Gasteiger partial charge < -0.3 is 14.6 Å². The lowest BCUT2D eigenvalue weighted by atomic mass is 9.65. The van der Waals surface area contributed by atoms with Crippen molar-refractivity contribution in [3.63, 3.8) is 0 Å². The van der Waals surface area contributed by atoms with E-state index in [2.05, 4.69) is 45.3 Å². The monoisotopic (exact) mass is 506 g/mol. The Kier molecular flexibility index (Phi) is 8.17. The Balaban J connectivity index is 1.84. The van der Waals surface area contributed by atoms with Crippen LogP contribution in [0.3, 0.4) is 0 Å². The van der Waals surface area contributed by atoms with Gasteiger partial charge in [-0.25, -0.2) is 9.59 Å². The van der Waals surface area contributed by atoms with Gasteiger partial charge in [0.15, 0.2) is 5.60 Å².